The van der Waals surface area contributed by atoms with Crippen molar-refractivity contribution in [2.45, 2.75) is 56.7 Å². The molecule has 1 saturated carbocycles. The van der Waals surface area contributed by atoms with E-state index in [0.29, 0.717) is 17.9 Å². The summed E-state index contributed by atoms with van der Waals surface area (Å²) in [6.45, 7) is 0. The lowest BCUT2D eigenvalue weighted by molar-refractivity contribution is 0.177. The molecule has 6 heteroatoms. The number of fused-ring (bicyclic) bond motifs is 2. The molecular weight excluding hydrogens is 410 g/mol. The van der Waals surface area contributed by atoms with E-state index in [4.69, 9.17) is 16.2 Å². The zero-order chi connectivity index (χ0) is 22.4. The maximum absolute atomic E-state index is 6.47. The van der Waals surface area contributed by atoms with Gasteiger partial charge in [0.1, 0.15) is 29.6 Å². The molecule has 0 spiro atoms. The van der Waals surface area contributed by atoms with Crippen molar-refractivity contribution in [3.05, 3.63) is 72.2 Å². The molecule has 2 aliphatic rings. The third-order valence-electron chi connectivity index (χ3n) is 7.27. The van der Waals surface area contributed by atoms with Crippen LogP contribution in [0.15, 0.2) is 61.1 Å². The molecule has 1 unspecified atom stereocenters. The van der Waals surface area contributed by atoms with E-state index >= 15 is 0 Å². The quantitative estimate of drug-likeness (QED) is 0.458. The van der Waals surface area contributed by atoms with Crippen LogP contribution in [-0.2, 0) is 6.42 Å². The second-order valence-electron chi connectivity index (χ2n) is 9.35. The van der Waals surface area contributed by atoms with Crippen LogP contribution >= 0.6 is 0 Å². The van der Waals surface area contributed by atoms with E-state index in [0.717, 1.165) is 66.4 Å². The maximum atomic E-state index is 6.47. The van der Waals surface area contributed by atoms with E-state index in [1.165, 1.54) is 11.1 Å². The number of benzene rings is 2. The molecule has 2 aromatic heterocycles. The first kappa shape index (κ1) is 20.2. The van der Waals surface area contributed by atoms with E-state index in [1.54, 1.807) is 6.33 Å². The minimum Gasteiger partial charge on any atom is -0.485 e. The van der Waals surface area contributed by atoms with Gasteiger partial charge in [0.15, 0.2) is 0 Å². The predicted molar refractivity (Wildman–Crippen MR) is 131 cm³/mol. The van der Waals surface area contributed by atoms with Gasteiger partial charge in [0, 0.05) is 23.8 Å². The van der Waals surface area contributed by atoms with Crippen molar-refractivity contribution in [3.63, 3.8) is 0 Å². The third kappa shape index (κ3) is 3.64. The normalized spacial score (nSPS) is 22.6. The molecule has 1 aliphatic heterocycles. The Bertz CT molecular complexity index is 1290. The highest BCUT2D eigenvalue weighted by molar-refractivity contribution is 6.00. The summed E-state index contributed by atoms with van der Waals surface area (Å²) in [6.07, 6.45) is 10.0. The molecule has 2 aromatic carbocycles. The fourth-order valence-corrected chi connectivity index (χ4v) is 5.42. The summed E-state index contributed by atoms with van der Waals surface area (Å²) in [5.74, 6) is 1.47. The molecular formula is C27H29N5O. The Morgan fingerprint density at radius 3 is 2.58 bits per heavy atom. The molecule has 0 saturated heterocycles. The molecule has 0 radical (unpaired) electrons. The summed E-state index contributed by atoms with van der Waals surface area (Å²) >= 11 is 0. The summed E-state index contributed by atoms with van der Waals surface area (Å²) in [6, 6.07) is 17.7. The van der Waals surface area contributed by atoms with Crippen molar-refractivity contribution in [1.29, 1.82) is 0 Å². The molecule has 0 amide bonds. The van der Waals surface area contributed by atoms with E-state index in [2.05, 4.69) is 63.2 Å². The van der Waals surface area contributed by atoms with Crippen LogP contribution in [0.5, 0.6) is 5.75 Å². The molecule has 1 atom stereocenters. The minimum atomic E-state index is 0.0788. The van der Waals surface area contributed by atoms with Gasteiger partial charge in [-0.1, -0.05) is 42.5 Å². The topological polar surface area (TPSA) is 92.0 Å². The molecule has 4 N–H and O–H groups in total. The van der Waals surface area contributed by atoms with Gasteiger partial charge in [0.25, 0.3) is 0 Å². The Morgan fingerprint density at radius 2 is 1.76 bits per heavy atom. The van der Waals surface area contributed by atoms with Crippen molar-refractivity contribution in [2.75, 3.05) is 5.73 Å². The molecule has 4 aromatic rings. The lowest BCUT2D eigenvalue weighted by atomic mass is 9.92. The Labute approximate surface area is 193 Å². The van der Waals surface area contributed by atoms with Crippen LogP contribution in [0.4, 0.5) is 5.82 Å². The number of hydrogen-bond acceptors (Lipinski definition) is 5. The van der Waals surface area contributed by atoms with Crippen LogP contribution in [0.2, 0.25) is 0 Å². The monoisotopic (exact) mass is 439 g/mol. The van der Waals surface area contributed by atoms with E-state index < -0.39 is 0 Å². The summed E-state index contributed by atoms with van der Waals surface area (Å²) in [5, 5.41) is 0.919. The smallest absolute Gasteiger partial charge is 0.146 e. The van der Waals surface area contributed by atoms with Crippen molar-refractivity contribution < 1.29 is 4.74 Å². The minimum absolute atomic E-state index is 0.0788. The standard InChI is InChI=1S/C27H29N5O/c28-20-9-11-21(12-10-20)32-15-22(25-26(29)30-16-31-27(25)32)19-7-6-18-8-13-23(33-24(18)14-19)17-4-2-1-3-5-17/h1-7,14-16,20-21,23H,8-13,28H2,(H2,29,30,31). The van der Waals surface area contributed by atoms with E-state index in [1.807, 2.05) is 6.07 Å². The number of nitrogens with two attached hydrogens (primary N) is 2. The summed E-state index contributed by atoms with van der Waals surface area (Å²) in [7, 11) is 0. The first-order chi connectivity index (χ1) is 16.2. The number of anilines is 1. The number of aryl methyl sites for hydroxylation is 1. The van der Waals surface area contributed by atoms with Crippen LogP contribution in [0.3, 0.4) is 0 Å². The van der Waals surface area contributed by atoms with Gasteiger partial charge < -0.3 is 20.8 Å². The van der Waals surface area contributed by atoms with Crippen molar-refractivity contribution in [2.24, 2.45) is 5.73 Å². The fraction of sp³-hybridized carbons (Fsp3) is 0.333. The van der Waals surface area contributed by atoms with Crippen LogP contribution in [0.25, 0.3) is 22.2 Å². The second kappa shape index (κ2) is 8.19. The van der Waals surface area contributed by atoms with Crippen LogP contribution in [0.1, 0.15) is 55.4 Å². The predicted octanol–water partition coefficient (Wildman–Crippen LogP) is 5.19. The maximum Gasteiger partial charge on any atom is 0.146 e. The van der Waals surface area contributed by atoms with Crippen LogP contribution in [-0.4, -0.2) is 20.6 Å². The zero-order valence-corrected chi connectivity index (χ0v) is 18.7. The van der Waals surface area contributed by atoms with Crippen molar-refractivity contribution >= 4 is 16.9 Å². The highest BCUT2D eigenvalue weighted by Gasteiger charge is 2.26. The summed E-state index contributed by atoms with van der Waals surface area (Å²) in [4.78, 5) is 8.94. The van der Waals surface area contributed by atoms with Gasteiger partial charge in [-0.3, -0.25) is 0 Å². The Hall–Kier alpha value is -3.38. The Kier molecular flexibility index (Phi) is 5.03. The fourth-order valence-electron chi connectivity index (χ4n) is 5.42. The number of nitrogens with zero attached hydrogens (tertiary/aromatic N) is 3. The van der Waals surface area contributed by atoms with Gasteiger partial charge in [-0.15, -0.1) is 0 Å². The third-order valence-corrected chi connectivity index (χ3v) is 7.27. The summed E-state index contributed by atoms with van der Waals surface area (Å²) in [5.41, 5.74) is 18.1. The number of ether oxygens (including phenoxy) is 1. The molecule has 1 fully saturated rings. The average molecular weight is 440 g/mol. The largest absolute Gasteiger partial charge is 0.485 e. The molecule has 3 heterocycles. The number of rotatable bonds is 3. The number of nitrogen functional groups attached to an aromatic ring is 1. The molecule has 33 heavy (non-hydrogen) atoms. The SMILES string of the molecule is Nc1ncnc2c1c(-c1ccc3c(c1)OC(c1ccccc1)CC3)cn2C1CCC(N)CC1. The van der Waals surface area contributed by atoms with Crippen molar-refractivity contribution in [1.82, 2.24) is 14.5 Å². The lowest BCUT2D eigenvalue weighted by Crippen LogP contribution is -2.27. The van der Waals surface area contributed by atoms with E-state index in [-0.39, 0.29) is 6.10 Å². The van der Waals surface area contributed by atoms with Gasteiger partial charge in [0.05, 0.1) is 5.39 Å². The Morgan fingerprint density at radius 1 is 0.939 bits per heavy atom. The highest BCUT2D eigenvalue weighted by atomic mass is 16.5. The molecule has 168 valence electrons. The first-order valence-electron chi connectivity index (χ1n) is 11.9. The van der Waals surface area contributed by atoms with Crippen LogP contribution < -0.4 is 16.2 Å². The van der Waals surface area contributed by atoms with Gasteiger partial charge in [0.2, 0.25) is 0 Å². The average Bonchev–Trinajstić information content (AvgIpc) is 3.25. The second-order valence-corrected chi connectivity index (χ2v) is 9.35. The van der Waals surface area contributed by atoms with Gasteiger partial charge in [-0.2, -0.15) is 0 Å². The van der Waals surface area contributed by atoms with Gasteiger partial charge in [-0.05, 0) is 61.3 Å². The Balaban J connectivity index is 1.40. The summed E-state index contributed by atoms with van der Waals surface area (Å²) < 4.78 is 8.77. The first-order valence-corrected chi connectivity index (χ1v) is 11.9. The highest BCUT2D eigenvalue weighted by Crippen LogP contribution is 2.41. The number of hydrogen-bond donors (Lipinski definition) is 2. The molecule has 0 bridgehead atoms. The molecule has 1 aliphatic carbocycles. The van der Waals surface area contributed by atoms with Gasteiger partial charge in [-0.25, -0.2) is 9.97 Å². The lowest BCUT2D eigenvalue weighted by Gasteiger charge is -2.27. The van der Waals surface area contributed by atoms with Crippen LogP contribution in [0, 0.1) is 0 Å². The van der Waals surface area contributed by atoms with Gasteiger partial charge >= 0.3 is 0 Å². The zero-order valence-electron chi connectivity index (χ0n) is 18.7. The number of aromatic nitrogens is 3. The molecule has 6 nitrogen and oxygen atoms in total. The molecule has 6 rings (SSSR count). The van der Waals surface area contributed by atoms with E-state index in [9.17, 15) is 0 Å². The van der Waals surface area contributed by atoms with Crippen molar-refractivity contribution in [3.8, 4) is 16.9 Å².